The molecule has 4 rings (SSSR count). The summed E-state index contributed by atoms with van der Waals surface area (Å²) < 4.78 is 2.54. The highest BCUT2D eigenvalue weighted by molar-refractivity contribution is 9.11. The van der Waals surface area contributed by atoms with Gasteiger partial charge in [-0.05, 0) is 74.2 Å². The quantitative estimate of drug-likeness (QED) is 0.457. The number of pyridine rings is 1. The standard InChI is InChI=1S/C21H26BrN7O2S/c1-13-17(27-19(30)16-11-25-29-12-18(22)32-20(16)29)9-15(10-24-13)26-21(31)23-6-3-14-4-7-28(2)8-5-14/h9-12,14H,3-8H2,1-2H3,(H,27,30)(H2,23,26,31). The molecule has 0 saturated carbocycles. The van der Waals surface area contributed by atoms with Crippen LogP contribution in [0.1, 0.15) is 35.3 Å². The monoisotopic (exact) mass is 519 g/mol. The molecule has 3 amide bonds. The number of likely N-dealkylation sites (tertiary alicyclic amines) is 1. The fraction of sp³-hybridized carbons (Fsp3) is 0.429. The zero-order chi connectivity index (χ0) is 22.7. The van der Waals surface area contributed by atoms with Gasteiger partial charge in [-0.3, -0.25) is 9.78 Å². The molecule has 1 aliphatic rings. The van der Waals surface area contributed by atoms with Gasteiger partial charge in [0.15, 0.2) is 0 Å². The number of halogens is 1. The molecular formula is C21H26BrN7O2S. The van der Waals surface area contributed by atoms with Gasteiger partial charge in [-0.1, -0.05) is 0 Å². The van der Waals surface area contributed by atoms with E-state index in [1.54, 1.807) is 29.9 Å². The number of aryl methyl sites for hydroxylation is 1. The van der Waals surface area contributed by atoms with Crippen molar-refractivity contribution < 1.29 is 9.59 Å². The van der Waals surface area contributed by atoms with Gasteiger partial charge in [-0.25, -0.2) is 9.31 Å². The van der Waals surface area contributed by atoms with Gasteiger partial charge in [0.1, 0.15) is 4.83 Å². The van der Waals surface area contributed by atoms with E-state index in [1.807, 2.05) is 0 Å². The Bertz CT molecular complexity index is 1120. The molecule has 170 valence electrons. The van der Waals surface area contributed by atoms with Crippen LogP contribution in [0.15, 0.2) is 28.4 Å². The largest absolute Gasteiger partial charge is 0.338 e. The van der Waals surface area contributed by atoms with Gasteiger partial charge in [0.2, 0.25) is 0 Å². The van der Waals surface area contributed by atoms with Gasteiger partial charge in [-0.15, -0.1) is 11.3 Å². The molecule has 4 heterocycles. The van der Waals surface area contributed by atoms with Gasteiger partial charge < -0.3 is 20.9 Å². The van der Waals surface area contributed by atoms with Crippen LogP contribution < -0.4 is 16.0 Å². The van der Waals surface area contributed by atoms with Crippen LogP contribution in [0.2, 0.25) is 0 Å². The number of urea groups is 1. The number of rotatable bonds is 6. The Labute approximate surface area is 198 Å². The molecule has 0 bridgehead atoms. The molecule has 11 heteroatoms. The van der Waals surface area contributed by atoms with E-state index in [-0.39, 0.29) is 11.9 Å². The van der Waals surface area contributed by atoms with Crippen LogP contribution >= 0.6 is 27.3 Å². The first-order chi connectivity index (χ1) is 15.4. The van der Waals surface area contributed by atoms with Crippen LogP contribution in [0.4, 0.5) is 16.2 Å². The third kappa shape index (κ3) is 5.45. The maximum absolute atomic E-state index is 12.8. The van der Waals surface area contributed by atoms with Crippen molar-refractivity contribution in [2.75, 3.05) is 37.3 Å². The second-order valence-corrected chi connectivity index (χ2v) is 10.5. The molecule has 0 aromatic carbocycles. The van der Waals surface area contributed by atoms with Crippen molar-refractivity contribution in [2.45, 2.75) is 26.2 Å². The van der Waals surface area contributed by atoms with E-state index in [2.05, 4.69) is 53.9 Å². The topological polar surface area (TPSA) is 104 Å². The highest BCUT2D eigenvalue weighted by Gasteiger charge is 2.18. The molecule has 1 saturated heterocycles. The van der Waals surface area contributed by atoms with E-state index < -0.39 is 0 Å². The summed E-state index contributed by atoms with van der Waals surface area (Å²) in [5.41, 5.74) is 2.18. The lowest BCUT2D eigenvalue weighted by atomic mass is 9.94. The Kier molecular flexibility index (Phi) is 7.07. The van der Waals surface area contributed by atoms with Gasteiger partial charge in [-0.2, -0.15) is 5.10 Å². The number of carbonyl (C=O) groups excluding carboxylic acids is 2. The molecule has 3 N–H and O–H groups in total. The van der Waals surface area contributed by atoms with Crippen molar-refractivity contribution in [1.29, 1.82) is 0 Å². The number of thiazole rings is 1. The van der Waals surface area contributed by atoms with Crippen LogP contribution in [0.5, 0.6) is 0 Å². The smallest absolute Gasteiger partial charge is 0.319 e. The fourth-order valence-corrected chi connectivity index (χ4v) is 5.19. The Morgan fingerprint density at radius 3 is 2.81 bits per heavy atom. The van der Waals surface area contributed by atoms with E-state index in [4.69, 9.17) is 0 Å². The van der Waals surface area contributed by atoms with Crippen molar-refractivity contribution in [3.05, 3.63) is 39.7 Å². The zero-order valence-electron chi connectivity index (χ0n) is 18.0. The molecule has 0 radical (unpaired) electrons. The zero-order valence-corrected chi connectivity index (χ0v) is 20.4. The maximum Gasteiger partial charge on any atom is 0.319 e. The molecule has 0 atom stereocenters. The predicted octanol–water partition coefficient (Wildman–Crippen LogP) is 3.97. The molecule has 3 aromatic rings. The number of aromatic nitrogens is 3. The number of fused-ring (bicyclic) bond motifs is 1. The molecule has 0 spiro atoms. The second kappa shape index (κ2) is 9.97. The Balaban J connectivity index is 1.33. The average molecular weight is 520 g/mol. The predicted molar refractivity (Wildman–Crippen MR) is 130 cm³/mol. The molecule has 0 unspecified atom stereocenters. The highest BCUT2D eigenvalue weighted by Crippen LogP contribution is 2.27. The molecule has 3 aromatic heterocycles. The molecule has 1 fully saturated rings. The lowest BCUT2D eigenvalue weighted by Gasteiger charge is -2.28. The minimum absolute atomic E-state index is 0.275. The molecule has 32 heavy (non-hydrogen) atoms. The summed E-state index contributed by atoms with van der Waals surface area (Å²) in [6.45, 7) is 4.68. The van der Waals surface area contributed by atoms with E-state index in [1.165, 1.54) is 30.4 Å². The van der Waals surface area contributed by atoms with Crippen molar-refractivity contribution in [2.24, 2.45) is 5.92 Å². The number of hydrogen-bond donors (Lipinski definition) is 3. The average Bonchev–Trinajstić information content (AvgIpc) is 3.31. The molecular weight excluding hydrogens is 494 g/mol. The van der Waals surface area contributed by atoms with Crippen molar-refractivity contribution >= 4 is 55.4 Å². The summed E-state index contributed by atoms with van der Waals surface area (Å²) in [6, 6.07) is 1.43. The minimum Gasteiger partial charge on any atom is -0.338 e. The minimum atomic E-state index is -0.279. The number of piperidine rings is 1. The van der Waals surface area contributed by atoms with Crippen molar-refractivity contribution in [1.82, 2.24) is 24.8 Å². The number of nitrogens with zero attached hydrogens (tertiary/aromatic N) is 4. The van der Waals surface area contributed by atoms with Crippen molar-refractivity contribution in [3.8, 4) is 0 Å². The first kappa shape index (κ1) is 22.7. The molecule has 9 nitrogen and oxygen atoms in total. The molecule has 0 aliphatic carbocycles. The van der Waals surface area contributed by atoms with Gasteiger partial charge in [0.05, 0.1) is 45.0 Å². The van der Waals surface area contributed by atoms with Gasteiger partial charge in [0, 0.05) is 6.54 Å². The number of nitrogens with one attached hydrogen (secondary N) is 3. The van der Waals surface area contributed by atoms with Crippen LogP contribution in [0.25, 0.3) is 4.83 Å². The Morgan fingerprint density at radius 2 is 2.03 bits per heavy atom. The SMILES string of the molecule is Cc1ncc(NC(=O)NCCC2CCN(C)CC2)cc1NC(=O)c1cnn2cc(Br)sc12. The summed E-state index contributed by atoms with van der Waals surface area (Å²) in [7, 11) is 2.14. The van der Waals surface area contributed by atoms with E-state index in [9.17, 15) is 9.59 Å². The third-order valence-corrected chi connectivity index (χ3v) is 7.27. The van der Waals surface area contributed by atoms with Gasteiger partial charge in [0.25, 0.3) is 5.91 Å². The summed E-state index contributed by atoms with van der Waals surface area (Å²) in [6.07, 6.45) is 8.26. The number of amides is 3. The second-order valence-electron chi connectivity index (χ2n) is 8.07. The van der Waals surface area contributed by atoms with Crippen LogP contribution in [0, 0.1) is 12.8 Å². The first-order valence-corrected chi connectivity index (χ1v) is 12.1. The van der Waals surface area contributed by atoms with Crippen LogP contribution in [-0.2, 0) is 0 Å². The molecule has 1 aliphatic heterocycles. The summed E-state index contributed by atoms with van der Waals surface area (Å²) in [4.78, 5) is 32.5. The summed E-state index contributed by atoms with van der Waals surface area (Å²) in [5.74, 6) is 0.382. The summed E-state index contributed by atoms with van der Waals surface area (Å²) in [5, 5.41) is 12.8. The Morgan fingerprint density at radius 1 is 1.25 bits per heavy atom. The number of anilines is 2. The number of hydrogen-bond acceptors (Lipinski definition) is 6. The fourth-order valence-electron chi connectivity index (χ4n) is 3.75. The van der Waals surface area contributed by atoms with E-state index in [0.29, 0.717) is 35.1 Å². The lowest BCUT2D eigenvalue weighted by molar-refractivity contribution is 0.102. The van der Waals surface area contributed by atoms with Crippen LogP contribution in [-0.4, -0.2) is 58.1 Å². The maximum atomic E-state index is 12.8. The number of carbonyl (C=O) groups is 2. The van der Waals surface area contributed by atoms with Gasteiger partial charge >= 0.3 is 6.03 Å². The first-order valence-electron chi connectivity index (χ1n) is 10.5. The van der Waals surface area contributed by atoms with Crippen LogP contribution in [0.3, 0.4) is 0 Å². The summed E-state index contributed by atoms with van der Waals surface area (Å²) >= 11 is 4.84. The third-order valence-electron chi connectivity index (χ3n) is 5.68. The Hall–Kier alpha value is -2.50. The lowest BCUT2D eigenvalue weighted by Crippen LogP contribution is -2.34. The highest BCUT2D eigenvalue weighted by atomic mass is 79.9. The normalized spacial score (nSPS) is 15.1. The van der Waals surface area contributed by atoms with Crippen molar-refractivity contribution in [3.63, 3.8) is 0 Å². The van der Waals surface area contributed by atoms with E-state index in [0.717, 1.165) is 28.1 Å². The van der Waals surface area contributed by atoms with E-state index >= 15 is 0 Å².